The molecule has 0 aliphatic heterocycles. The number of phenols is 1. The summed E-state index contributed by atoms with van der Waals surface area (Å²) in [5, 5.41) is 23.3. The van der Waals surface area contributed by atoms with Gasteiger partial charge in [0.05, 0.1) is 17.5 Å². The van der Waals surface area contributed by atoms with E-state index in [1.165, 1.54) is 12.3 Å². The molecule has 0 saturated heterocycles. The molecular formula is C22H19N3O4. The van der Waals surface area contributed by atoms with Gasteiger partial charge in [-0.25, -0.2) is 0 Å². The highest BCUT2D eigenvalue weighted by atomic mass is 16.3. The standard InChI is InChI=1S/C22H19N3O4/c1-13-4-2-5-14(10-13)24-22(29)17-12-25(8-9-26)20-15-6-3-7-23-19(15)18(27)11-16(20)21(17)28/h2-7,10-12,26-27H,8-9H2,1H3,(H,24,29). The first kappa shape index (κ1) is 18.6. The van der Waals surface area contributed by atoms with Crippen molar-refractivity contribution in [3.63, 3.8) is 0 Å². The monoisotopic (exact) mass is 389 g/mol. The largest absolute Gasteiger partial charge is 0.506 e. The number of nitrogens with zero attached hydrogens (tertiary/aromatic N) is 2. The van der Waals surface area contributed by atoms with Crippen LogP contribution in [0.2, 0.25) is 0 Å². The molecule has 4 aromatic rings. The zero-order valence-electron chi connectivity index (χ0n) is 15.7. The molecule has 0 radical (unpaired) electrons. The highest BCUT2D eigenvalue weighted by Gasteiger charge is 2.19. The number of phenolic OH excluding ortho intramolecular Hbond substituents is 1. The summed E-state index contributed by atoms with van der Waals surface area (Å²) in [5.74, 6) is -0.697. The molecule has 7 heteroatoms. The summed E-state index contributed by atoms with van der Waals surface area (Å²) >= 11 is 0. The number of carbonyl (C=O) groups is 1. The van der Waals surface area contributed by atoms with E-state index >= 15 is 0 Å². The Balaban J connectivity index is 1.94. The van der Waals surface area contributed by atoms with Gasteiger partial charge in [-0.15, -0.1) is 0 Å². The van der Waals surface area contributed by atoms with Crippen LogP contribution in [-0.4, -0.2) is 32.3 Å². The number of hydrogen-bond acceptors (Lipinski definition) is 5. The molecule has 7 nitrogen and oxygen atoms in total. The zero-order chi connectivity index (χ0) is 20.5. The minimum absolute atomic E-state index is 0.0740. The molecule has 0 unspecified atom stereocenters. The minimum atomic E-state index is -0.556. The van der Waals surface area contributed by atoms with Gasteiger partial charge in [-0.1, -0.05) is 12.1 Å². The molecule has 2 heterocycles. The van der Waals surface area contributed by atoms with Crippen molar-refractivity contribution in [2.45, 2.75) is 13.5 Å². The van der Waals surface area contributed by atoms with E-state index < -0.39 is 11.3 Å². The van der Waals surface area contributed by atoms with E-state index in [0.29, 0.717) is 22.1 Å². The van der Waals surface area contributed by atoms with Gasteiger partial charge in [0.1, 0.15) is 16.8 Å². The first-order chi connectivity index (χ1) is 14.0. The van der Waals surface area contributed by atoms with Crippen molar-refractivity contribution >= 4 is 33.4 Å². The third-order valence-electron chi connectivity index (χ3n) is 4.76. The summed E-state index contributed by atoms with van der Waals surface area (Å²) in [6.07, 6.45) is 2.99. The molecular weight excluding hydrogens is 370 g/mol. The Morgan fingerprint density at radius 3 is 2.76 bits per heavy atom. The number of rotatable bonds is 4. The fraction of sp³-hybridized carbons (Fsp3) is 0.136. The van der Waals surface area contributed by atoms with Crippen LogP contribution in [0.4, 0.5) is 5.69 Å². The smallest absolute Gasteiger partial charge is 0.261 e. The summed E-state index contributed by atoms with van der Waals surface area (Å²) in [5.41, 5.74) is 1.84. The highest BCUT2D eigenvalue weighted by molar-refractivity contribution is 6.10. The molecule has 0 spiro atoms. The van der Waals surface area contributed by atoms with Crippen LogP contribution in [0.15, 0.2) is 59.7 Å². The highest BCUT2D eigenvalue weighted by Crippen LogP contribution is 2.30. The molecule has 4 rings (SSSR count). The van der Waals surface area contributed by atoms with E-state index in [2.05, 4.69) is 10.3 Å². The summed E-state index contributed by atoms with van der Waals surface area (Å²) in [6.45, 7) is 1.90. The van der Waals surface area contributed by atoms with Gasteiger partial charge in [0.2, 0.25) is 5.43 Å². The van der Waals surface area contributed by atoms with Gasteiger partial charge in [0.25, 0.3) is 5.91 Å². The Bertz CT molecular complexity index is 1310. The van der Waals surface area contributed by atoms with Crippen molar-refractivity contribution in [1.29, 1.82) is 0 Å². The molecule has 0 fully saturated rings. The summed E-state index contributed by atoms with van der Waals surface area (Å²) in [6, 6.07) is 12.0. The maximum Gasteiger partial charge on any atom is 0.261 e. The van der Waals surface area contributed by atoms with Crippen LogP contribution < -0.4 is 10.7 Å². The van der Waals surface area contributed by atoms with Gasteiger partial charge in [0.15, 0.2) is 0 Å². The number of hydrogen-bond donors (Lipinski definition) is 3. The number of aliphatic hydroxyl groups excluding tert-OH is 1. The number of aromatic nitrogens is 2. The number of nitrogens with one attached hydrogen (secondary N) is 1. The summed E-state index contributed by atoms with van der Waals surface area (Å²) < 4.78 is 1.64. The van der Waals surface area contributed by atoms with E-state index in [1.54, 1.807) is 35.0 Å². The van der Waals surface area contributed by atoms with Crippen molar-refractivity contribution in [3.8, 4) is 5.75 Å². The van der Waals surface area contributed by atoms with Crippen molar-refractivity contribution in [2.75, 3.05) is 11.9 Å². The number of amides is 1. The Morgan fingerprint density at radius 2 is 2.00 bits per heavy atom. The molecule has 0 atom stereocenters. The molecule has 0 bridgehead atoms. The second-order valence-corrected chi connectivity index (χ2v) is 6.80. The maximum absolute atomic E-state index is 13.1. The fourth-order valence-electron chi connectivity index (χ4n) is 3.49. The molecule has 0 saturated carbocycles. The van der Waals surface area contributed by atoms with Gasteiger partial charge in [-0.2, -0.15) is 0 Å². The lowest BCUT2D eigenvalue weighted by atomic mass is 10.1. The van der Waals surface area contributed by atoms with E-state index in [-0.39, 0.29) is 29.9 Å². The predicted octanol–water partition coefficient (Wildman–Crippen LogP) is 2.81. The van der Waals surface area contributed by atoms with Crippen molar-refractivity contribution < 1.29 is 15.0 Å². The van der Waals surface area contributed by atoms with Crippen molar-refractivity contribution in [3.05, 3.63) is 76.2 Å². The number of aliphatic hydroxyl groups is 1. The quantitative estimate of drug-likeness (QED) is 0.466. The Kier molecular flexibility index (Phi) is 4.74. The lowest BCUT2D eigenvalue weighted by Gasteiger charge is -2.15. The predicted molar refractivity (Wildman–Crippen MR) is 111 cm³/mol. The number of anilines is 1. The number of pyridine rings is 2. The van der Waals surface area contributed by atoms with E-state index in [1.807, 2.05) is 19.1 Å². The summed E-state index contributed by atoms with van der Waals surface area (Å²) in [7, 11) is 0. The molecule has 1 amide bonds. The number of aromatic hydroxyl groups is 1. The minimum Gasteiger partial charge on any atom is -0.506 e. The fourth-order valence-corrected chi connectivity index (χ4v) is 3.49. The van der Waals surface area contributed by atoms with Crippen LogP contribution in [0.1, 0.15) is 15.9 Å². The third kappa shape index (κ3) is 3.32. The zero-order valence-corrected chi connectivity index (χ0v) is 15.7. The number of aryl methyl sites for hydroxylation is 1. The maximum atomic E-state index is 13.1. The van der Waals surface area contributed by atoms with Gasteiger partial charge in [-0.3, -0.25) is 14.6 Å². The second-order valence-electron chi connectivity index (χ2n) is 6.80. The average Bonchev–Trinajstić information content (AvgIpc) is 2.70. The van der Waals surface area contributed by atoms with Gasteiger partial charge in [0, 0.05) is 30.0 Å². The van der Waals surface area contributed by atoms with E-state index in [0.717, 1.165) is 5.56 Å². The lowest BCUT2D eigenvalue weighted by Crippen LogP contribution is -2.24. The molecule has 2 aromatic carbocycles. The van der Waals surface area contributed by atoms with Crippen molar-refractivity contribution in [1.82, 2.24) is 9.55 Å². The summed E-state index contributed by atoms with van der Waals surface area (Å²) in [4.78, 5) is 30.1. The van der Waals surface area contributed by atoms with Gasteiger partial charge >= 0.3 is 0 Å². The Hall–Kier alpha value is -3.71. The lowest BCUT2D eigenvalue weighted by molar-refractivity contribution is 0.102. The third-order valence-corrected chi connectivity index (χ3v) is 4.76. The normalized spacial score (nSPS) is 11.1. The molecule has 146 valence electrons. The van der Waals surface area contributed by atoms with Crippen LogP contribution in [0, 0.1) is 6.92 Å². The number of fused-ring (bicyclic) bond motifs is 3. The van der Waals surface area contributed by atoms with E-state index in [4.69, 9.17) is 0 Å². The second kappa shape index (κ2) is 7.37. The Morgan fingerprint density at radius 1 is 1.17 bits per heavy atom. The van der Waals surface area contributed by atoms with Gasteiger partial charge < -0.3 is 20.1 Å². The van der Waals surface area contributed by atoms with Crippen molar-refractivity contribution in [2.24, 2.45) is 0 Å². The van der Waals surface area contributed by atoms with Crippen LogP contribution in [0.25, 0.3) is 21.8 Å². The van der Waals surface area contributed by atoms with Gasteiger partial charge in [-0.05, 0) is 42.8 Å². The molecule has 3 N–H and O–H groups in total. The van der Waals surface area contributed by atoms with Crippen LogP contribution >= 0.6 is 0 Å². The number of carbonyl (C=O) groups excluding carboxylic acids is 1. The Labute approximate surface area is 165 Å². The van der Waals surface area contributed by atoms with Crippen LogP contribution in [0.3, 0.4) is 0 Å². The topological polar surface area (TPSA) is 104 Å². The SMILES string of the molecule is Cc1cccc(NC(=O)c2cn(CCO)c3c(cc(O)c4ncccc43)c2=O)c1. The molecule has 0 aliphatic carbocycles. The molecule has 0 aliphatic rings. The van der Waals surface area contributed by atoms with E-state index in [9.17, 15) is 19.8 Å². The first-order valence-corrected chi connectivity index (χ1v) is 9.12. The first-order valence-electron chi connectivity index (χ1n) is 9.12. The van der Waals surface area contributed by atoms with Crippen LogP contribution in [0.5, 0.6) is 5.75 Å². The average molecular weight is 389 g/mol. The molecule has 29 heavy (non-hydrogen) atoms. The van der Waals surface area contributed by atoms with Crippen LogP contribution in [-0.2, 0) is 6.54 Å². The number of benzene rings is 2. The molecule has 2 aromatic heterocycles.